The molecule has 3 N–H and O–H groups in total. The summed E-state index contributed by atoms with van der Waals surface area (Å²) in [5.74, 6) is -0.821. The van der Waals surface area contributed by atoms with Crippen LogP contribution in [0.25, 0.3) is 0 Å². The summed E-state index contributed by atoms with van der Waals surface area (Å²) >= 11 is 0. The molecule has 104 valence electrons. The summed E-state index contributed by atoms with van der Waals surface area (Å²) < 4.78 is 0. The van der Waals surface area contributed by atoms with E-state index in [1.165, 1.54) is 25.7 Å². The monoisotopic (exact) mass is 254 g/mol. The van der Waals surface area contributed by atoms with Crippen molar-refractivity contribution in [1.29, 1.82) is 0 Å². The van der Waals surface area contributed by atoms with Crippen LogP contribution in [0.4, 0.5) is 0 Å². The van der Waals surface area contributed by atoms with Crippen LogP contribution in [0.5, 0.6) is 0 Å². The van der Waals surface area contributed by atoms with Gasteiger partial charge in [-0.3, -0.25) is 9.69 Å². The number of carboxylic acids is 1. The number of hydrogen-bond acceptors (Lipinski definition) is 3. The van der Waals surface area contributed by atoms with Gasteiger partial charge in [-0.2, -0.15) is 0 Å². The van der Waals surface area contributed by atoms with Crippen LogP contribution in [0.2, 0.25) is 0 Å². The molecule has 2 unspecified atom stereocenters. The smallest absolute Gasteiger partial charge is 0.323 e. The Morgan fingerprint density at radius 1 is 1.39 bits per heavy atom. The Hall–Kier alpha value is -0.610. The minimum atomic E-state index is -0.984. The molecule has 2 atom stereocenters. The van der Waals surface area contributed by atoms with Crippen LogP contribution < -0.4 is 5.73 Å². The fraction of sp³-hybridized carbons (Fsp3) is 0.929. The summed E-state index contributed by atoms with van der Waals surface area (Å²) in [6.07, 6.45) is 8.29. The Morgan fingerprint density at radius 2 is 2.11 bits per heavy atom. The van der Waals surface area contributed by atoms with Gasteiger partial charge in [0.1, 0.15) is 5.54 Å². The summed E-state index contributed by atoms with van der Waals surface area (Å²) in [6.45, 7) is 3.32. The van der Waals surface area contributed by atoms with Gasteiger partial charge in [-0.15, -0.1) is 0 Å². The number of carbonyl (C=O) groups is 1. The third-order valence-electron chi connectivity index (χ3n) is 4.44. The number of nitrogens with zero attached hydrogens (tertiary/aromatic N) is 1. The van der Waals surface area contributed by atoms with Gasteiger partial charge in [0.25, 0.3) is 0 Å². The largest absolute Gasteiger partial charge is 0.480 e. The average Bonchev–Trinajstić information content (AvgIpc) is 3.14. The van der Waals surface area contributed by atoms with Crippen molar-refractivity contribution in [2.45, 2.75) is 75.9 Å². The minimum Gasteiger partial charge on any atom is -0.480 e. The molecule has 0 aromatic rings. The molecule has 0 amide bonds. The number of unbranched alkanes of at least 4 members (excludes halogenated alkanes) is 1. The lowest BCUT2D eigenvalue weighted by molar-refractivity contribution is -0.145. The maximum absolute atomic E-state index is 11.3. The highest BCUT2D eigenvalue weighted by Crippen LogP contribution is 2.36. The molecule has 0 saturated heterocycles. The van der Waals surface area contributed by atoms with E-state index in [4.69, 9.17) is 5.73 Å². The van der Waals surface area contributed by atoms with Gasteiger partial charge >= 0.3 is 5.97 Å². The third-order valence-corrected chi connectivity index (χ3v) is 4.44. The summed E-state index contributed by atoms with van der Waals surface area (Å²) in [5, 5.41) is 9.28. The Bertz CT molecular complexity index is 304. The first-order valence-corrected chi connectivity index (χ1v) is 7.35. The van der Waals surface area contributed by atoms with E-state index in [1.54, 1.807) is 0 Å². The van der Waals surface area contributed by atoms with Crippen LogP contribution >= 0.6 is 0 Å². The first-order chi connectivity index (χ1) is 8.57. The minimum absolute atomic E-state index is 0.388. The van der Waals surface area contributed by atoms with E-state index >= 15 is 0 Å². The molecule has 0 bridgehead atoms. The van der Waals surface area contributed by atoms with Crippen LogP contribution in [0.15, 0.2) is 0 Å². The third kappa shape index (κ3) is 3.04. The van der Waals surface area contributed by atoms with Crippen LogP contribution in [0.3, 0.4) is 0 Å². The Labute approximate surface area is 110 Å². The van der Waals surface area contributed by atoms with Gasteiger partial charge in [0.2, 0.25) is 0 Å². The highest BCUT2D eigenvalue weighted by atomic mass is 16.4. The van der Waals surface area contributed by atoms with E-state index in [2.05, 4.69) is 11.8 Å². The predicted molar refractivity (Wildman–Crippen MR) is 71.4 cm³/mol. The molecule has 2 aliphatic carbocycles. The molecule has 2 aliphatic rings. The molecular formula is C14H26N2O2. The molecule has 0 aromatic heterocycles. The summed E-state index contributed by atoms with van der Waals surface area (Å²) in [5.41, 5.74) is 5.07. The number of nitrogens with two attached hydrogens (primary N) is 1. The fourth-order valence-electron chi connectivity index (χ4n) is 3.17. The Morgan fingerprint density at radius 3 is 2.67 bits per heavy atom. The molecule has 2 rings (SSSR count). The highest BCUT2D eigenvalue weighted by molar-refractivity contribution is 5.78. The van der Waals surface area contributed by atoms with Crippen molar-refractivity contribution in [2.75, 3.05) is 6.54 Å². The van der Waals surface area contributed by atoms with Crippen LogP contribution in [0.1, 0.15) is 58.3 Å². The number of aliphatic carboxylic acids is 1. The second-order valence-electron chi connectivity index (χ2n) is 6.03. The van der Waals surface area contributed by atoms with Gasteiger partial charge in [0.15, 0.2) is 0 Å². The molecule has 0 aromatic carbocycles. The van der Waals surface area contributed by atoms with E-state index in [-0.39, 0.29) is 0 Å². The molecule has 4 nitrogen and oxygen atoms in total. The second-order valence-corrected chi connectivity index (χ2v) is 6.03. The van der Waals surface area contributed by atoms with Crippen molar-refractivity contribution in [3.8, 4) is 0 Å². The van der Waals surface area contributed by atoms with Gasteiger partial charge in [0.05, 0.1) is 0 Å². The van der Waals surface area contributed by atoms with E-state index in [9.17, 15) is 9.90 Å². The normalized spacial score (nSPS) is 32.7. The molecule has 4 heteroatoms. The first-order valence-electron chi connectivity index (χ1n) is 7.35. The van der Waals surface area contributed by atoms with Gasteiger partial charge in [-0.05, 0) is 51.5 Å². The Kier molecular flexibility index (Phi) is 4.28. The van der Waals surface area contributed by atoms with E-state index in [0.717, 1.165) is 19.4 Å². The lowest BCUT2D eigenvalue weighted by Gasteiger charge is -2.41. The van der Waals surface area contributed by atoms with Gasteiger partial charge in [-0.25, -0.2) is 0 Å². The van der Waals surface area contributed by atoms with Crippen molar-refractivity contribution >= 4 is 5.97 Å². The van der Waals surface area contributed by atoms with Crippen molar-refractivity contribution in [3.63, 3.8) is 0 Å². The van der Waals surface area contributed by atoms with Crippen molar-refractivity contribution < 1.29 is 9.90 Å². The van der Waals surface area contributed by atoms with E-state index < -0.39 is 11.5 Å². The average molecular weight is 254 g/mol. The molecule has 0 radical (unpaired) electrons. The summed E-state index contributed by atoms with van der Waals surface area (Å²) in [6, 6.07) is 1.09. The molecule has 0 heterocycles. The topological polar surface area (TPSA) is 66.6 Å². The lowest BCUT2D eigenvalue weighted by Crippen LogP contribution is -2.56. The quantitative estimate of drug-likeness (QED) is 0.760. The van der Waals surface area contributed by atoms with Crippen molar-refractivity contribution in [2.24, 2.45) is 5.73 Å². The summed E-state index contributed by atoms with van der Waals surface area (Å²) in [7, 11) is 0. The maximum atomic E-state index is 11.3. The number of hydrogen-bond donors (Lipinski definition) is 2. The summed E-state index contributed by atoms with van der Waals surface area (Å²) in [4.78, 5) is 13.8. The zero-order valence-corrected chi connectivity index (χ0v) is 11.4. The zero-order valence-electron chi connectivity index (χ0n) is 11.4. The standard InChI is InChI=1S/C14H26N2O2/c1-2-3-9-16(11-6-7-11)12-5-4-8-14(15,10-12)13(17)18/h11-12H,2-10,15H2,1H3,(H,17,18). The Balaban J connectivity index is 1.99. The van der Waals surface area contributed by atoms with Gasteiger partial charge < -0.3 is 10.8 Å². The number of carboxylic acid groups (broad SMARTS) is 1. The van der Waals surface area contributed by atoms with Crippen molar-refractivity contribution in [1.82, 2.24) is 4.90 Å². The van der Waals surface area contributed by atoms with E-state index in [1.807, 2.05) is 0 Å². The lowest BCUT2D eigenvalue weighted by atomic mass is 9.79. The number of rotatable bonds is 6. The van der Waals surface area contributed by atoms with E-state index in [0.29, 0.717) is 24.9 Å². The molecular weight excluding hydrogens is 228 g/mol. The first kappa shape index (κ1) is 13.8. The van der Waals surface area contributed by atoms with Crippen molar-refractivity contribution in [3.05, 3.63) is 0 Å². The highest BCUT2D eigenvalue weighted by Gasteiger charge is 2.43. The molecule has 2 saturated carbocycles. The maximum Gasteiger partial charge on any atom is 0.323 e. The van der Waals surface area contributed by atoms with Gasteiger partial charge in [-0.1, -0.05) is 13.3 Å². The molecule has 18 heavy (non-hydrogen) atoms. The van der Waals surface area contributed by atoms with Gasteiger partial charge in [0, 0.05) is 12.1 Å². The fourth-order valence-corrected chi connectivity index (χ4v) is 3.17. The van der Waals surface area contributed by atoms with Crippen LogP contribution in [-0.2, 0) is 4.79 Å². The van der Waals surface area contributed by atoms with Crippen LogP contribution in [0, 0.1) is 0 Å². The molecule has 2 fully saturated rings. The molecule has 0 aliphatic heterocycles. The molecule has 0 spiro atoms. The SMILES string of the molecule is CCCCN(C1CC1)C1CCCC(N)(C(=O)O)C1. The predicted octanol–water partition coefficient (Wildman–Crippen LogP) is 1.98. The zero-order chi connectivity index (χ0) is 13.2. The second kappa shape index (κ2) is 5.57. The van der Waals surface area contributed by atoms with Crippen LogP contribution in [-0.4, -0.2) is 40.1 Å².